The van der Waals surface area contributed by atoms with Gasteiger partial charge in [0, 0.05) is 25.0 Å². The zero-order chi connectivity index (χ0) is 15.2. The van der Waals surface area contributed by atoms with Crippen molar-refractivity contribution in [3.8, 4) is 11.8 Å². The van der Waals surface area contributed by atoms with Crippen molar-refractivity contribution in [2.45, 2.75) is 33.0 Å². The molecule has 0 bridgehead atoms. The van der Waals surface area contributed by atoms with Crippen molar-refractivity contribution in [1.82, 2.24) is 14.9 Å². The highest BCUT2D eigenvalue weighted by molar-refractivity contribution is 5.45. The standard InChI is InChI=1S/C16H20N4O/c1-12(2)19-10-16-18-6-7-20(16)11-13-4-5-14(9-17)15(8-13)21-3/h4-8,12,19H,10-11H2,1-3H3. The molecule has 0 aliphatic rings. The van der Waals surface area contributed by atoms with Gasteiger partial charge < -0.3 is 14.6 Å². The highest BCUT2D eigenvalue weighted by Crippen LogP contribution is 2.20. The first-order chi connectivity index (χ1) is 10.1. The lowest BCUT2D eigenvalue weighted by atomic mass is 10.1. The summed E-state index contributed by atoms with van der Waals surface area (Å²) in [6, 6.07) is 8.18. The minimum atomic E-state index is 0.421. The molecule has 0 saturated heterocycles. The van der Waals surface area contributed by atoms with E-state index in [1.165, 1.54) is 0 Å². The van der Waals surface area contributed by atoms with Crippen LogP contribution in [0.4, 0.5) is 0 Å². The molecule has 0 aliphatic heterocycles. The fourth-order valence-corrected chi connectivity index (χ4v) is 2.07. The summed E-state index contributed by atoms with van der Waals surface area (Å²) in [6.07, 6.45) is 3.76. The number of imidazole rings is 1. The van der Waals surface area contributed by atoms with Crippen molar-refractivity contribution in [3.63, 3.8) is 0 Å². The monoisotopic (exact) mass is 284 g/mol. The second kappa shape index (κ2) is 6.91. The predicted octanol–water partition coefficient (Wildman–Crippen LogP) is 2.31. The van der Waals surface area contributed by atoms with Crippen molar-refractivity contribution in [1.29, 1.82) is 5.26 Å². The van der Waals surface area contributed by atoms with Crippen molar-refractivity contribution in [2.24, 2.45) is 0 Å². The van der Waals surface area contributed by atoms with E-state index in [-0.39, 0.29) is 0 Å². The molecule has 110 valence electrons. The van der Waals surface area contributed by atoms with Gasteiger partial charge in [-0.2, -0.15) is 5.26 Å². The Morgan fingerprint density at radius 2 is 2.24 bits per heavy atom. The number of benzene rings is 1. The van der Waals surface area contributed by atoms with E-state index in [1.807, 2.05) is 18.3 Å². The van der Waals surface area contributed by atoms with Crippen LogP contribution in [0.3, 0.4) is 0 Å². The summed E-state index contributed by atoms with van der Waals surface area (Å²) in [5.41, 5.74) is 1.63. The van der Waals surface area contributed by atoms with Gasteiger partial charge in [-0.15, -0.1) is 0 Å². The molecule has 0 unspecified atom stereocenters. The molecule has 0 fully saturated rings. The second-order valence-corrected chi connectivity index (χ2v) is 5.15. The Morgan fingerprint density at radius 3 is 2.90 bits per heavy atom. The van der Waals surface area contributed by atoms with Gasteiger partial charge in [0.15, 0.2) is 0 Å². The summed E-state index contributed by atoms with van der Waals surface area (Å²) < 4.78 is 7.34. The molecule has 0 amide bonds. The van der Waals surface area contributed by atoms with Crippen LogP contribution in [0.2, 0.25) is 0 Å². The van der Waals surface area contributed by atoms with Crippen LogP contribution in [0.15, 0.2) is 30.6 Å². The summed E-state index contributed by atoms with van der Waals surface area (Å²) in [4.78, 5) is 4.38. The maximum absolute atomic E-state index is 9.01. The number of nitrogens with zero attached hydrogens (tertiary/aromatic N) is 3. The van der Waals surface area contributed by atoms with Crippen LogP contribution in [-0.2, 0) is 13.1 Å². The molecule has 5 heteroatoms. The second-order valence-electron chi connectivity index (χ2n) is 5.15. The van der Waals surface area contributed by atoms with Gasteiger partial charge in [-0.3, -0.25) is 0 Å². The van der Waals surface area contributed by atoms with E-state index in [1.54, 1.807) is 19.4 Å². The minimum absolute atomic E-state index is 0.421. The summed E-state index contributed by atoms with van der Waals surface area (Å²) in [5.74, 6) is 1.60. The van der Waals surface area contributed by atoms with Gasteiger partial charge in [-0.25, -0.2) is 4.98 Å². The third kappa shape index (κ3) is 3.83. The highest BCUT2D eigenvalue weighted by atomic mass is 16.5. The Hall–Kier alpha value is -2.32. The lowest BCUT2D eigenvalue weighted by Crippen LogP contribution is -2.24. The Labute approximate surface area is 125 Å². The van der Waals surface area contributed by atoms with E-state index in [4.69, 9.17) is 10.00 Å². The van der Waals surface area contributed by atoms with Crippen LogP contribution in [0.1, 0.15) is 30.8 Å². The van der Waals surface area contributed by atoms with Crippen LogP contribution >= 0.6 is 0 Å². The van der Waals surface area contributed by atoms with Gasteiger partial charge in [0.05, 0.1) is 19.2 Å². The molecule has 2 aromatic rings. The number of hydrogen-bond acceptors (Lipinski definition) is 4. The normalized spacial score (nSPS) is 10.6. The third-order valence-corrected chi connectivity index (χ3v) is 3.21. The van der Waals surface area contributed by atoms with Gasteiger partial charge in [0.1, 0.15) is 17.6 Å². The van der Waals surface area contributed by atoms with Crippen molar-refractivity contribution in [3.05, 3.63) is 47.5 Å². The lowest BCUT2D eigenvalue weighted by Gasteiger charge is -2.12. The van der Waals surface area contributed by atoms with Crippen LogP contribution in [0.5, 0.6) is 5.75 Å². The van der Waals surface area contributed by atoms with E-state index in [0.717, 1.165) is 17.9 Å². The number of ether oxygens (including phenoxy) is 1. The average Bonchev–Trinajstić information content (AvgIpc) is 2.92. The molecule has 0 aliphatic carbocycles. The first-order valence-corrected chi connectivity index (χ1v) is 6.94. The first-order valence-electron chi connectivity index (χ1n) is 6.94. The average molecular weight is 284 g/mol. The van der Waals surface area contributed by atoms with E-state index >= 15 is 0 Å². The molecule has 1 heterocycles. The summed E-state index contributed by atoms with van der Waals surface area (Å²) in [5, 5.41) is 12.4. The van der Waals surface area contributed by atoms with Gasteiger partial charge in [-0.1, -0.05) is 19.9 Å². The fraction of sp³-hybridized carbons (Fsp3) is 0.375. The van der Waals surface area contributed by atoms with Crippen molar-refractivity contribution >= 4 is 0 Å². The molecule has 0 spiro atoms. The SMILES string of the molecule is COc1cc(Cn2ccnc2CNC(C)C)ccc1C#N. The maximum Gasteiger partial charge on any atom is 0.136 e. The number of rotatable bonds is 6. The molecule has 5 nitrogen and oxygen atoms in total. The molecule has 2 rings (SSSR count). The molecule has 0 saturated carbocycles. The van der Waals surface area contributed by atoms with E-state index in [0.29, 0.717) is 23.9 Å². The Bertz CT molecular complexity index is 640. The number of aromatic nitrogens is 2. The van der Waals surface area contributed by atoms with Crippen LogP contribution in [-0.4, -0.2) is 22.7 Å². The van der Waals surface area contributed by atoms with E-state index < -0.39 is 0 Å². The molecule has 1 aromatic carbocycles. The lowest BCUT2D eigenvalue weighted by molar-refractivity contribution is 0.412. The minimum Gasteiger partial charge on any atom is -0.495 e. The molecular weight excluding hydrogens is 264 g/mol. The Kier molecular flexibility index (Phi) is 4.96. The molecule has 0 radical (unpaired) electrons. The van der Waals surface area contributed by atoms with Gasteiger partial charge in [0.25, 0.3) is 0 Å². The fourth-order valence-electron chi connectivity index (χ4n) is 2.07. The molecule has 1 N–H and O–H groups in total. The van der Waals surface area contributed by atoms with Crippen molar-refractivity contribution < 1.29 is 4.74 Å². The Morgan fingerprint density at radius 1 is 1.43 bits per heavy atom. The van der Waals surface area contributed by atoms with Gasteiger partial charge in [0.2, 0.25) is 0 Å². The Balaban J connectivity index is 2.15. The topological polar surface area (TPSA) is 62.9 Å². The molecule has 21 heavy (non-hydrogen) atoms. The quantitative estimate of drug-likeness (QED) is 0.884. The van der Waals surface area contributed by atoms with Crippen LogP contribution in [0.25, 0.3) is 0 Å². The summed E-state index contributed by atoms with van der Waals surface area (Å²) >= 11 is 0. The first kappa shape index (κ1) is 15.1. The van der Waals surface area contributed by atoms with Crippen LogP contribution < -0.4 is 10.1 Å². The van der Waals surface area contributed by atoms with E-state index in [9.17, 15) is 0 Å². The van der Waals surface area contributed by atoms with Gasteiger partial charge >= 0.3 is 0 Å². The van der Waals surface area contributed by atoms with Crippen molar-refractivity contribution in [2.75, 3.05) is 7.11 Å². The highest BCUT2D eigenvalue weighted by Gasteiger charge is 2.07. The predicted molar refractivity (Wildman–Crippen MR) is 81.0 cm³/mol. The zero-order valence-electron chi connectivity index (χ0n) is 12.6. The number of nitriles is 1. The molecule has 1 aromatic heterocycles. The number of hydrogen-bond donors (Lipinski definition) is 1. The van der Waals surface area contributed by atoms with Crippen LogP contribution in [0, 0.1) is 11.3 Å². The maximum atomic E-state index is 9.01. The number of nitrogens with one attached hydrogen (secondary N) is 1. The summed E-state index contributed by atoms with van der Waals surface area (Å²) in [7, 11) is 1.58. The smallest absolute Gasteiger partial charge is 0.136 e. The largest absolute Gasteiger partial charge is 0.495 e. The van der Waals surface area contributed by atoms with Gasteiger partial charge in [-0.05, 0) is 17.7 Å². The molecule has 0 atom stereocenters. The summed E-state index contributed by atoms with van der Waals surface area (Å²) in [6.45, 7) is 5.66. The number of methoxy groups -OCH3 is 1. The molecular formula is C16H20N4O. The zero-order valence-corrected chi connectivity index (χ0v) is 12.6. The third-order valence-electron chi connectivity index (χ3n) is 3.21. The van der Waals surface area contributed by atoms with E-state index in [2.05, 4.69) is 34.8 Å².